The molecule has 1 aromatic carbocycles. The second-order valence-corrected chi connectivity index (χ2v) is 9.06. The summed E-state index contributed by atoms with van der Waals surface area (Å²) in [6.45, 7) is 6.80. The van der Waals surface area contributed by atoms with Crippen molar-refractivity contribution in [2.75, 3.05) is 18.4 Å². The number of anilines is 1. The molecule has 0 fully saturated rings. The van der Waals surface area contributed by atoms with Crippen LogP contribution in [0.3, 0.4) is 0 Å². The maximum absolute atomic E-state index is 11.7. The molecule has 160 valence electrons. The molecule has 30 heavy (non-hydrogen) atoms. The van der Waals surface area contributed by atoms with Crippen molar-refractivity contribution in [3.05, 3.63) is 46.0 Å². The Balaban J connectivity index is 1.62. The molecule has 3 aromatic rings. The number of alkyl carbamates (subject to hydrolysis) is 1. The standard InChI is InChI=1S/C21H25BrClN5O2/c1-21(2,3)30-20(29)25-11-7-6-10-24-18-12-17(14-8-4-5-9-16(14)23)27-19-15(22)13-26-28(18)19/h4-5,8-9,12-13,24H,6-7,10-11H2,1-3H3,(H,25,29). The Kier molecular flexibility index (Phi) is 7.20. The van der Waals surface area contributed by atoms with Crippen molar-refractivity contribution in [3.8, 4) is 11.3 Å². The van der Waals surface area contributed by atoms with Crippen LogP contribution in [-0.4, -0.2) is 39.4 Å². The van der Waals surface area contributed by atoms with Crippen molar-refractivity contribution in [1.29, 1.82) is 0 Å². The number of carbonyl (C=O) groups is 1. The van der Waals surface area contributed by atoms with E-state index in [1.54, 1.807) is 10.7 Å². The Morgan fingerprint density at radius 1 is 1.23 bits per heavy atom. The molecule has 0 atom stereocenters. The van der Waals surface area contributed by atoms with Gasteiger partial charge in [0, 0.05) is 29.7 Å². The van der Waals surface area contributed by atoms with Crippen LogP contribution < -0.4 is 10.6 Å². The number of ether oxygens (including phenoxy) is 1. The van der Waals surface area contributed by atoms with Gasteiger partial charge < -0.3 is 15.4 Å². The summed E-state index contributed by atoms with van der Waals surface area (Å²) in [5, 5.41) is 11.2. The summed E-state index contributed by atoms with van der Waals surface area (Å²) in [6, 6.07) is 9.55. The topological polar surface area (TPSA) is 80.5 Å². The van der Waals surface area contributed by atoms with Gasteiger partial charge in [-0.1, -0.05) is 29.8 Å². The largest absolute Gasteiger partial charge is 0.444 e. The number of nitrogens with one attached hydrogen (secondary N) is 2. The van der Waals surface area contributed by atoms with Crippen molar-refractivity contribution in [2.45, 2.75) is 39.2 Å². The highest BCUT2D eigenvalue weighted by atomic mass is 79.9. The SMILES string of the molecule is CC(C)(C)OC(=O)NCCCCNc1cc(-c2ccccc2Cl)nc2c(Br)cnn12. The minimum atomic E-state index is -0.490. The normalized spacial score (nSPS) is 11.5. The molecule has 0 bridgehead atoms. The first kappa shape index (κ1) is 22.4. The van der Waals surface area contributed by atoms with E-state index in [0.29, 0.717) is 23.8 Å². The number of amides is 1. The molecule has 2 N–H and O–H groups in total. The van der Waals surface area contributed by atoms with Gasteiger partial charge in [-0.15, -0.1) is 0 Å². The Morgan fingerprint density at radius 2 is 1.97 bits per heavy atom. The summed E-state index contributed by atoms with van der Waals surface area (Å²) < 4.78 is 7.79. The number of carbonyl (C=O) groups excluding carboxylic acids is 1. The van der Waals surface area contributed by atoms with Crippen molar-refractivity contribution in [2.24, 2.45) is 0 Å². The van der Waals surface area contributed by atoms with E-state index in [2.05, 4.69) is 31.7 Å². The fraction of sp³-hybridized carbons (Fsp3) is 0.381. The summed E-state index contributed by atoms with van der Waals surface area (Å²) in [5.41, 5.74) is 1.85. The lowest BCUT2D eigenvalue weighted by Gasteiger charge is -2.19. The van der Waals surface area contributed by atoms with Gasteiger partial charge in [0.05, 0.1) is 16.4 Å². The van der Waals surface area contributed by atoms with E-state index in [4.69, 9.17) is 21.3 Å². The first-order valence-corrected chi connectivity index (χ1v) is 10.9. The minimum Gasteiger partial charge on any atom is -0.444 e. The van der Waals surface area contributed by atoms with Gasteiger partial charge in [0.15, 0.2) is 5.65 Å². The number of rotatable bonds is 7. The molecule has 2 heterocycles. The first-order chi connectivity index (χ1) is 14.2. The smallest absolute Gasteiger partial charge is 0.407 e. The van der Waals surface area contributed by atoms with Crippen LogP contribution in [0.5, 0.6) is 0 Å². The molecule has 0 aliphatic carbocycles. The average Bonchev–Trinajstić information content (AvgIpc) is 3.04. The van der Waals surface area contributed by atoms with Gasteiger partial charge in [0.2, 0.25) is 0 Å². The van der Waals surface area contributed by atoms with Crippen LogP contribution in [0.1, 0.15) is 33.6 Å². The highest BCUT2D eigenvalue weighted by Gasteiger charge is 2.15. The number of unbranched alkanes of at least 4 members (excludes halogenated alkanes) is 1. The van der Waals surface area contributed by atoms with Crippen molar-refractivity contribution >= 4 is 45.1 Å². The lowest BCUT2D eigenvalue weighted by atomic mass is 10.1. The van der Waals surface area contributed by atoms with E-state index in [1.807, 2.05) is 51.1 Å². The number of benzene rings is 1. The number of hydrogen-bond donors (Lipinski definition) is 2. The third-order valence-corrected chi connectivity index (χ3v) is 5.05. The molecule has 0 aliphatic rings. The quantitative estimate of drug-likeness (QED) is 0.422. The molecule has 7 nitrogen and oxygen atoms in total. The second kappa shape index (κ2) is 9.66. The third-order valence-electron chi connectivity index (χ3n) is 4.16. The van der Waals surface area contributed by atoms with Crippen molar-refractivity contribution < 1.29 is 9.53 Å². The highest BCUT2D eigenvalue weighted by molar-refractivity contribution is 9.10. The zero-order valence-corrected chi connectivity index (χ0v) is 19.5. The molecule has 1 amide bonds. The molecular formula is C21H25BrClN5O2. The molecule has 0 saturated heterocycles. The van der Waals surface area contributed by atoms with E-state index < -0.39 is 11.7 Å². The lowest BCUT2D eigenvalue weighted by Crippen LogP contribution is -2.33. The second-order valence-electron chi connectivity index (χ2n) is 7.80. The van der Waals surface area contributed by atoms with Gasteiger partial charge in [-0.2, -0.15) is 9.61 Å². The van der Waals surface area contributed by atoms with E-state index in [9.17, 15) is 4.79 Å². The van der Waals surface area contributed by atoms with Crippen LogP contribution in [0, 0.1) is 0 Å². The Labute approximate surface area is 189 Å². The monoisotopic (exact) mass is 493 g/mol. The van der Waals surface area contributed by atoms with Crippen molar-refractivity contribution in [1.82, 2.24) is 19.9 Å². The Morgan fingerprint density at radius 3 is 2.70 bits per heavy atom. The van der Waals surface area contributed by atoms with E-state index in [-0.39, 0.29) is 0 Å². The highest BCUT2D eigenvalue weighted by Crippen LogP contribution is 2.30. The molecule has 2 aromatic heterocycles. The Hall–Kier alpha value is -2.32. The number of nitrogens with zero attached hydrogens (tertiary/aromatic N) is 3. The molecule has 0 radical (unpaired) electrons. The van der Waals surface area contributed by atoms with Crippen LogP contribution in [-0.2, 0) is 4.74 Å². The summed E-state index contributed by atoms with van der Waals surface area (Å²) in [4.78, 5) is 16.4. The molecule has 3 rings (SSSR count). The molecule has 0 unspecified atom stereocenters. The lowest BCUT2D eigenvalue weighted by molar-refractivity contribution is 0.0527. The third kappa shape index (κ3) is 5.86. The van der Waals surface area contributed by atoms with Gasteiger partial charge >= 0.3 is 6.09 Å². The number of hydrogen-bond acceptors (Lipinski definition) is 5. The van der Waals surface area contributed by atoms with Crippen LogP contribution >= 0.6 is 27.5 Å². The predicted molar refractivity (Wildman–Crippen MR) is 123 cm³/mol. The van der Waals surface area contributed by atoms with Gasteiger partial charge in [-0.25, -0.2) is 9.78 Å². The fourth-order valence-corrected chi connectivity index (χ4v) is 3.42. The average molecular weight is 495 g/mol. The summed E-state index contributed by atoms with van der Waals surface area (Å²) in [6.07, 6.45) is 3.01. The predicted octanol–water partition coefficient (Wildman–Crippen LogP) is 5.53. The fourth-order valence-electron chi connectivity index (χ4n) is 2.84. The van der Waals surface area contributed by atoms with E-state index >= 15 is 0 Å². The molecular weight excluding hydrogens is 470 g/mol. The maximum atomic E-state index is 11.7. The first-order valence-electron chi connectivity index (χ1n) is 9.74. The zero-order chi connectivity index (χ0) is 21.7. The van der Waals surface area contributed by atoms with Crippen LogP contribution in [0.25, 0.3) is 16.9 Å². The molecule has 9 heteroatoms. The number of fused-ring (bicyclic) bond motifs is 1. The van der Waals surface area contributed by atoms with E-state index in [0.717, 1.165) is 34.4 Å². The molecule has 0 spiro atoms. The Bertz CT molecular complexity index is 1030. The van der Waals surface area contributed by atoms with Crippen LogP contribution in [0.15, 0.2) is 41.0 Å². The number of halogens is 2. The van der Waals surface area contributed by atoms with Crippen molar-refractivity contribution in [3.63, 3.8) is 0 Å². The minimum absolute atomic E-state index is 0.392. The zero-order valence-electron chi connectivity index (χ0n) is 17.2. The summed E-state index contributed by atoms with van der Waals surface area (Å²) in [7, 11) is 0. The van der Waals surface area contributed by atoms with Gasteiger partial charge in [-0.3, -0.25) is 0 Å². The van der Waals surface area contributed by atoms with Gasteiger partial charge in [0.25, 0.3) is 0 Å². The number of aromatic nitrogens is 3. The van der Waals surface area contributed by atoms with Gasteiger partial charge in [-0.05, 0) is 55.6 Å². The van der Waals surface area contributed by atoms with Gasteiger partial charge in [0.1, 0.15) is 11.4 Å². The maximum Gasteiger partial charge on any atom is 0.407 e. The van der Waals surface area contributed by atoms with E-state index in [1.165, 1.54) is 0 Å². The van der Waals surface area contributed by atoms with Crippen LogP contribution in [0.4, 0.5) is 10.6 Å². The summed E-state index contributed by atoms with van der Waals surface area (Å²) in [5.74, 6) is 0.820. The molecule has 0 aliphatic heterocycles. The van der Waals surface area contributed by atoms with Crippen LogP contribution in [0.2, 0.25) is 5.02 Å². The molecule has 0 saturated carbocycles. The summed E-state index contributed by atoms with van der Waals surface area (Å²) >= 11 is 9.87.